The molecule has 5 heteroatoms. The van der Waals surface area contributed by atoms with Gasteiger partial charge in [0, 0.05) is 19.8 Å². The lowest BCUT2D eigenvalue weighted by Crippen LogP contribution is -2.38. The van der Waals surface area contributed by atoms with Gasteiger partial charge >= 0.3 is 0 Å². The van der Waals surface area contributed by atoms with Crippen molar-refractivity contribution >= 4 is 5.96 Å². The summed E-state index contributed by atoms with van der Waals surface area (Å²) in [6.07, 6.45) is 1.80. The fourth-order valence-electron chi connectivity index (χ4n) is 2.10. The summed E-state index contributed by atoms with van der Waals surface area (Å²) in [7, 11) is 1.76. The van der Waals surface area contributed by atoms with E-state index in [0.29, 0.717) is 26.3 Å². The number of hydrogen-bond acceptors (Lipinski definition) is 3. The lowest BCUT2D eigenvalue weighted by atomic mass is 10.2. The van der Waals surface area contributed by atoms with Crippen LogP contribution >= 0.6 is 0 Å². The van der Waals surface area contributed by atoms with Gasteiger partial charge in [0.25, 0.3) is 0 Å². The molecule has 0 amide bonds. The highest BCUT2D eigenvalue weighted by Gasteiger charge is 2.01. The van der Waals surface area contributed by atoms with E-state index in [1.807, 2.05) is 24.3 Å². The van der Waals surface area contributed by atoms with Gasteiger partial charge < -0.3 is 15.4 Å². The van der Waals surface area contributed by atoms with Gasteiger partial charge in [-0.3, -0.25) is 9.98 Å². The Balaban J connectivity index is 1.64. The van der Waals surface area contributed by atoms with Crippen molar-refractivity contribution in [2.75, 3.05) is 20.2 Å². The number of hydrogen-bond donors (Lipinski definition) is 2. The summed E-state index contributed by atoms with van der Waals surface area (Å²) in [4.78, 5) is 8.56. The summed E-state index contributed by atoms with van der Waals surface area (Å²) in [6, 6.07) is 14.1. The third kappa shape index (κ3) is 6.08. The quantitative estimate of drug-likeness (QED) is 0.468. The van der Waals surface area contributed by atoms with E-state index in [1.165, 1.54) is 11.1 Å². The van der Waals surface area contributed by atoms with Gasteiger partial charge in [0.15, 0.2) is 5.96 Å². The molecule has 1 aromatic carbocycles. The highest BCUT2D eigenvalue weighted by atomic mass is 16.5. The molecule has 23 heavy (non-hydrogen) atoms. The number of ether oxygens (including phenoxy) is 1. The van der Waals surface area contributed by atoms with Crippen LogP contribution in [0.2, 0.25) is 0 Å². The molecule has 5 nitrogen and oxygen atoms in total. The lowest BCUT2D eigenvalue weighted by Gasteiger charge is -2.12. The number of aryl methyl sites for hydroxylation is 1. The lowest BCUT2D eigenvalue weighted by molar-refractivity contribution is 0.125. The van der Waals surface area contributed by atoms with Crippen molar-refractivity contribution in [1.29, 1.82) is 0 Å². The molecule has 0 aliphatic carbocycles. The maximum atomic E-state index is 5.64. The smallest absolute Gasteiger partial charge is 0.191 e. The van der Waals surface area contributed by atoms with Crippen molar-refractivity contribution in [2.24, 2.45) is 4.99 Å². The topological polar surface area (TPSA) is 58.5 Å². The molecule has 0 radical (unpaired) electrons. The van der Waals surface area contributed by atoms with Crippen LogP contribution in [-0.4, -0.2) is 31.1 Å². The standard InChI is InChI=1S/C18H24N4O/c1-15-7-6-10-20-17(15)13-22-18(19-2)21-11-12-23-14-16-8-4-3-5-9-16/h3-10H,11-14H2,1-2H3,(H2,19,21,22). The third-order valence-corrected chi connectivity index (χ3v) is 3.42. The summed E-state index contributed by atoms with van der Waals surface area (Å²) in [5, 5.41) is 6.49. The van der Waals surface area contributed by atoms with E-state index < -0.39 is 0 Å². The van der Waals surface area contributed by atoms with Crippen molar-refractivity contribution in [3.63, 3.8) is 0 Å². The first kappa shape index (κ1) is 17.0. The highest BCUT2D eigenvalue weighted by Crippen LogP contribution is 2.02. The monoisotopic (exact) mass is 312 g/mol. The largest absolute Gasteiger partial charge is 0.375 e. The third-order valence-electron chi connectivity index (χ3n) is 3.42. The van der Waals surface area contributed by atoms with Gasteiger partial charge in [0.1, 0.15) is 0 Å². The number of pyridine rings is 1. The normalized spacial score (nSPS) is 11.3. The second kappa shape index (κ2) is 9.58. The molecule has 0 unspecified atom stereocenters. The van der Waals surface area contributed by atoms with Crippen LogP contribution in [0.25, 0.3) is 0 Å². The second-order valence-electron chi connectivity index (χ2n) is 5.16. The van der Waals surface area contributed by atoms with Gasteiger partial charge in [-0.25, -0.2) is 0 Å². The minimum absolute atomic E-state index is 0.623. The van der Waals surface area contributed by atoms with Crippen LogP contribution in [0.5, 0.6) is 0 Å². The molecule has 1 heterocycles. The first-order chi connectivity index (χ1) is 11.3. The fraction of sp³-hybridized carbons (Fsp3) is 0.333. The maximum Gasteiger partial charge on any atom is 0.191 e. The molecule has 0 saturated heterocycles. The number of benzene rings is 1. The zero-order chi connectivity index (χ0) is 16.3. The molecule has 122 valence electrons. The number of aliphatic imine (C=N–C) groups is 1. The molecular formula is C18H24N4O. The van der Waals surface area contributed by atoms with E-state index in [1.54, 1.807) is 13.2 Å². The Morgan fingerprint density at radius 1 is 1.13 bits per heavy atom. The molecule has 1 aromatic heterocycles. The van der Waals surface area contributed by atoms with E-state index in [4.69, 9.17) is 4.74 Å². The summed E-state index contributed by atoms with van der Waals surface area (Å²) in [5.41, 5.74) is 3.37. The van der Waals surface area contributed by atoms with Gasteiger partial charge in [0.2, 0.25) is 0 Å². The van der Waals surface area contributed by atoms with Crippen LogP contribution in [0.4, 0.5) is 0 Å². The Labute approximate surface area is 137 Å². The molecule has 0 fully saturated rings. The molecule has 0 aliphatic rings. The molecule has 2 aromatic rings. The zero-order valence-electron chi connectivity index (χ0n) is 13.7. The number of aromatic nitrogens is 1. The Kier molecular flexibility index (Phi) is 7.07. The number of guanidine groups is 1. The van der Waals surface area contributed by atoms with Gasteiger partial charge in [-0.15, -0.1) is 0 Å². The SMILES string of the molecule is CN=C(NCCOCc1ccccc1)NCc1ncccc1C. The van der Waals surface area contributed by atoms with Crippen molar-refractivity contribution in [1.82, 2.24) is 15.6 Å². The highest BCUT2D eigenvalue weighted by molar-refractivity contribution is 5.79. The predicted octanol–water partition coefficient (Wildman–Crippen LogP) is 2.27. The average molecular weight is 312 g/mol. The first-order valence-corrected chi connectivity index (χ1v) is 7.76. The van der Waals surface area contributed by atoms with Crippen molar-refractivity contribution < 1.29 is 4.74 Å². The van der Waals surface area contributed by atoms with Crippen molar-refractivity contribution in [3.8, 4) is 0 Å². The molecule has 0 saturated carbocycles. The first-order valence-electron chi connectivity index (χ1n) is 7.76. The molecule has 2 rings (SSSR count). The summed E-state index contributed by atoms with van der Waals surface area (Å²) < 4.78 is 5.64. The average Bonchev–Trinajstić information content (AvgIpc) is 2.59. The van der Waals surface area contributed by atoms with Crippen LogP contribution in [0.15, 0.2) is 53.7 Å². The van der Waals surface area contributed by atoms with Crippen LogP contribution < -0.4 is 10.6 Å². The Morgan fingerprint density at radius 3 is 2.70 bits per heavy atom. The van der Waals surface area contributed by atoms with Crippen LogP contribution in [-0.2, 0) is 17.9 Å². The van der Waals surface area contributed by atoms with E-state index in [0.717, 1.165) is 11.7 Å². The Bertz CT molecular complexity index is 613. The summed E-state index contributed by atoms with van der Waals surface area (Å²) in [6.45, 7) is 4.66. The summed E-state index contributed by atoms with van der Waals surface area (Å²) in [5.74, 6) is 0.748. The van der Waals surface area contributed by atoms with Gasteiger partial charge in [0.05, 0.1) is 25.5 Å². The maximum absolute atomic E-state index is 5.64. The molecule has 2 N–H and O–H groups in total. The minimum atomic E-state index is 0.623. The Morgan fingerprint density at radius 2 is 1.96 bits per heavy atom. The fourth-order valence-corrected chi connectivity index (χ4v) is 2.10. The Hall–Kier alpha value is -2.40. The van der Waals surface area contributed by atoms with Crippen LogP contribution in [0.1, 0.15) is 16.8 Å². The molecule has 0 spiro atoms. The van der Waals surface area contributed by atoms with Crippen LogP contribution in [0.3, 0.4) is 0 Å². The predicted molar refractivity (Wildman–Crippen MR) is 93.3 cm³/mol. The van der Waals surface area contributed by atoms with E-state index in [2.05, 4.69) is 45.7 Å². The van der Waals surface area contributed by atoms with E-state index >= 15 is 0 Å². The molecule has 0 atom stereocenters. The van der Waals surface area contributed by atoms with Crippen LogP contribution in [0, 0.1) is 6.92 Å². The molecule has 0 aliphatic heterocycles. The van der Waals surface area contributed by atoms with Gasteiger partial charge in [-0.05, 0) is 24.1 Å². The molecule has 0 bridgehead atoms. The minimum Gasteiger partial charge on any atom is -0.375 e. The number of nitrogens with zero attached hydrogens (tertiary/aromatic N) is 2. The molecular weight excluding hydrogens is 288 g/mol. The summed E-state index contributed by atoms with van der Waals surface area (Å²) >= 11 is 0. The number of nitrogens with one attached hydrogen (secondary N) is 2. The van der Waals surface area contributed by atoms with Gasteiger partial charge in [-0.1, -0.05) is 36.4 Å². The van der Waals surface area contributed by atoms with E-state index in [-0.39, 0.29) is 0 Å². The van der Waals surface area contributed by atoms with E-state index in [9.17, 15) is 0 Å². The number of rotatable bonds is 7. The van der Waals surface area contributed by atoms with Crippen molar-refractivity contribution in [3.05, 3.63) is 65.5 Å². The van der Waals surface area contributed by atoms with Gasteiger partial charge in [-0.2, -0.15) is 0 Å². The zero-order valence-corrected chi connectivity index (χ0v) is 13.7. The second-order valence-corrected chi connectivity index (χ2v) is 5.16. The van der Waals surface area contributed by atoms with Crippen molar-refractivity contribution in [2.45, 2.75) is 20.1 Å².